The molecule has 0 aliphatic carbocycles. The molecule has 0 saturated heterocycles. The Morgan fingerprint density at radius 1 is 1.28 bits per heavy atom. The topological polar surface area (TPSA) is 63.6 Å². The molecule has 0 radical (unpaired) electrons. The van der Waals surface area contributed by atoms with E-state index in [0.29, 0.717) is 18.8 Å². The van der Waals surface area contributed by atoms with Crippen LogP contribution in [0.4, 0.5) is 0 Å². The lowest BCUT2D eigenvalue weighted by molar-refractivity contribution is -0.143. The molecule has 18 heavy (non-hydrogen) atoms. The van der Waals surface area contributed by atoms with Crippen molar-refractivity contribution in [2.75, 3.05) is 12.4 Å². The Kier molecular flexibility index (Phi) is 9.10. The van der Waals surface area contributed by atoms with Crippen molar-refractivity contribution in [3.63, 3.8) is 0 Å². The number of thioether (sulfide) groups is 1. The van der Waals surface area contributed by atoms with Crippen LogP contribution in [0.3, 0.4) is 0 Å². The maximum Gasteiger partial charge on any atom is 0.305 e. The van der Waals surface area contributed by atoms with Crippen molar-refractivity contribution >= 4 is 22.8 Å². The highest BCUT2D eigenvalue weighted by molar-refractivity contribution is 8.13. The van der Waals surface area contributed by atoms with E-state index in [1.165, 1.54) is 11.8 Å². The lowest BCUT2D eigenvalue weighted by Gasteiger charge is -2.23. The molecule has 4 nitrogen and oxygen atoms in total. The van der Waals surface area contributed by atoms with E-state index in [1.807, 2.05) is 20.8 Å². The largest absolute Gasteiger partial charge is 0.466 e. The van der Waals surface area contributed by atoms with E-state index >= 15 is 0 Å². The van der Waals surface area contributed by atoms with Crippen LogP contribution >= 0.6 is 11.8 Å². The Balaban J connectivity index is 4.47. The van der Waals surface area contributed by atoms with E-state index < -0.39 is 12.0 Å². The van der Waals surface area contributed by atoms with Gasteiger partial charge in [-0.05, 0) is 25.0 Å². The van der Waals surface area contributed by atoms with Crippen LogP contribution in [0.15, 0.2) is 0 Å². The highest BCUT2D eigenvalue weighted by Crippen LogP contribution is 2.24. The number of carbonyl (C=O) groups is 2. The van der Waals surface area contributed by atoms with E-state index in [9.17, 15) is 14.7 Å². The van der Waals surface area contributed by atoms with Crippen LogP contribution in [-0.4, -0.2) is 34.7 Å². The third-order valence-electron chi connectivity index (χ3n) is 2.65. The molecule has 0 saturated carbocycles. The van der Waals surface area contributed by atoms with Gasteiger partial charge in [-0.1, -0.05) is 32.5 Å². The second-order valence-electron chi connectivity index (χ2n) is 4.44. The number of hydrogen-bond donors (Lipinski definition) is 1. The molecule has 0 aliphatic rings. The summed E-state index contributed by atoms with van der Waals surface area (Å²) in [6, 6.07) is 0. The van der Waals surface area contributed by atoms with Gasteiger partial charge >= 0.3 is 5.97 Å². The highest BCUT2D eigenvalue weighted by Gasteiger charge is 2.29. The molecule has 0 amide bonds. The molecule has 0 aromatic carbocycles. The molecule has 0 bridgehead atoms. The summed E-state index contributed by atoms with van der Waals surface area (Å²) in [4.78, 5) is 23.2. The third kappa shape index (κ3) is 6.40. The van der Waals surface area contributed by atoms with E-state index in [1.54, 1.807) is 6.92 Å². The molecule has 0 heterocycles. The Hall–Kier alpha value is -0.550. The zero-order valence-corrected chi connectivity index (χ0v) is 12.5. The fourth-order valence-electron chi connectivity index (χ4n) is 1.65. The average molecular weight is 276 g/mol. The first-order valence-corrected chi connectivity index (χ1v) is 7.42. The lowest BCUT2D eigenvalue weighted by Crippen LogP contribution is -2.31. The summed E-state index contributed by atoms with van der Waals surface area (Å²) in [7, 11) is 0. The van der Waals surface area contributed by atoms with E-state index in [2.05, 4.69) is 0 Å². The molecule has 5 heteroatoms. The summed E-state index contributed by atoms with van der Waals surface area (Å²) in [6.07, 6.45) is -0.173. The molecule has 0 aromatic heterocycles. The molecule has 0 spiro atoms. The van der Waals surface area contributed by atoms with Gasteiger partial charge in [0.05, 0.1) is 18.6 Å². The fourth-order valence-corrected chi connectivity index (χ4v) is 2.40. The van der Waals surface area contributed by atoms with Gasteiger partial charge in [0.1, 0.15) is 0 Å². The first-order chi connectivity index (χ1) is 8.43. The second-order valence-corrected chi connectivity index (χ2v) is 5.71. The first kappa shape index (κ1) is 17.4. The van der Waals surface area contributed by atoms with E-state index in [4.69, 9.17) is 4.74 Å². The smallest absolute Gasteiger partial charge is 0.305 e. The van der Waals surface area contributed by atoms with Gasteiger partial charge in [-0.3, -0.25) is 9.59 Å². The normalized spacial score (nSPS) is 14.3. The number of ether oxygens (including phenoxy) is 1. The minimum atomic E-state index is -0.703. The van der Waals surface area contributed by atoms with Crippen molar-refractivity contribution in [3.8, 4) is 0 Å². The molecule has 1 N–H and O–H groups in total. The SMILES string of the molecule is CCOC(=O)CC[C@H](C(=O)SCC)[C@H](O)C(C)C. The molecular weight excluding hydrogens is 252 g/mol. The molecule has 0 rings (SSSR count). The Labute approximate surface area is 113 Å². The summed E-state index contributed by atoms with van der Waals surface area (Å²) in [5.41, 5.74) is 0. The molecule has 0 fully saturated rings. The van der Waals surface area contributed by atoms with Gasteiger partial charge in [-0.25, -0.2) is 0 Å². The van der Waals surface area contributed by atoms with Crippen molar-refractivity contribution < 1.29 is 19.4 Å². The highest BCUT2D eigenvalue weighted by atomic mass is 32.2. The van der Waals surface area contributed by atoms with Gasteiger partial charge < -0.3 is 9.84 Å². The van der Waals surface area contributed by atoms with Crippen LogP contribution in [0.2, 0.25) is 0 Å². The van der Waals surface area contributed by atoms with Crippen molar-refractivity contribution in [3.05, 3.63) is 0 Å². The number of aliphatic hydroxyl groups excluding tert-OH is 1. The Bertz CT molecular complexity index is 266. The predicted octanol–water partition coefficient (Wildman–Crippen LogP) is 2.24. The first-order valence-electron chi connectivity index (χ1n) is 6.44. The zero-order chi connectivity index (χ0) is 14.1. The van der Waals surface area contributed by atoms with Crippen molar-refractivity contribution in [2.24, 2.45) is 11.8 Å². The minimum Gasteiger partial charge on any atom is -0.466 e. The van der Waals surface area contributed by atoms with Gasteiger partial charge in [-0.15, -0.1) is 0 Å². The van der Waals surface area contributed by atoms with Crippen molar-refractivity contribution in [1.82, 2.24) is 0 Å². The molecule has 0 aliphatic heterocycles. The van der Waals surface area contributed by atoms with Gasteiger partial charge in [0.25, 0.3) is 0 Å². The summed E-state index contributed by atoms with van der Waals surface area (Å²) in [5.74, 6) is -0.120. The summed E-state index contributed by atoms with van der Waals surface area (Å²) in [5, 5.41) is 10.0. The van der Waals surface area contributed by atoms with Crippen LogP contribution in [0.25, 0.3) is 0 Å². The van der Waals surface area contributed by atoms with Crippen LogP contribution in [0.5, 0.6) is 0 Å². The van der Waals surface area contributed by atoms with Crippen LogP contribution < -0.4 is 0 Å². The predicted molar refractivity (Wildman–Crippen MR) is 73.3 cm³/mol. The van der Waals surface area contributed by atoms with Gasteiger partial charge in [0.2, 0.25) is 0 Å². The molecule has 2 atom stereocenters. The van der Waals surface area contributed by atoms with Gasteiger partial charge in [0.15, 0.2) is 5.12 Å². The summed E-state index contributed by atoms with van der Waals surface area (Å²) >= 11 is 1.20. The van der Waals surface area contributed by atoms with Crippen molar-refractivity contribution in [2.45, 2.75) is 46.6 Å². The van der Waals surface area contributed by atoms with Crippen LogP contribution in [0, 0.1) is 11.8 Å². The number of esters is 1. The molecule has 0 aromatic rings. The average Bonchev–Trinajstić information content (AvgIpc) is 2.29. The van der Waals surface area contributed by atoms with Crippen LogP contribution in [-0.2, 0) is 14.3 Å². The lowest BCUT2D eigenvalue weighted by atomic mass is 9.90. The summed E-state index contributed by atoms with van der Waals surface area (Å²) in [6.45, 7) is 7.72. The standard InChI is InChI=1S/C13H24O4S/c1-5-17-11(14)8-7-10(12(15)9(3)4)13(16)18-6-2/h9-10,12,15H,5-8H2,1-4H3/t10-,12+/m0/s1. The molecule has 106 valence electrons. The zero-order valence-electron chi connectivity index (χ0n) is 11.6. The maximum atomic E-state index is 11.9. The maximum absolute atomic E-state index is 11.9. The van der Waals surface area contributed by atoms with E-state index in [-0.39, 0.29) is 23.4 Å². The number of hydrogen-bond acceptors (Lipinski definition) is 5. The third-order valence-corrected chi connectivity index (χ3v) is 3.53. The molecular formula is C13H24O4S. The summed E-state index contributed by atoms with van der Waals surface area (Å²) < 4.78 is 4.83. The quantitative estimate of drug-likeness (QED) is 0.689. The van der Waals surface area contributed by atoms with Crippen molar-refractivity contribution in [1.29, 1.82) is 0 Å². The van der Waals surface area contributed by atoms with Crippen LogP contribution in [0.1, 0.15) is 40.5 Å². The van der Waals surface area contributed by atoms with Gasteiger partial charge in [-0.2, -0.15) is 0 Å². The Morgan fingerprint density at radius 3 is 2.33 bits per heavy atom. The fraction of sp³-hybridized carbons (Fsp3) is 0.846. The monoisotopic (exact) mass is 276 g/mol. The second kappa shape index (κ2) is 9.39. The molecule has 0 unspecified atom stereocenters. The number of carbonyl (C=O) groups excluding carboxylic acids is 2. The minimum absolute atomic E-state index is 0.00129. The number of aliphatic hydroxyl groups is 1. The number of rotatable bonds is 8. The Morgan fingerprint density at radius 2 is 1.89 bits per heavy atom. The van der Waals surface area contributed by atoms with Gasteiger partial charge in [0, 0.05) is 6.42 Å². The van der Waals surface area contributed by atoms with E-state index in [0.717, 1.165) is 0 Å².